The van der Waals surface area contributed by atoms with Gasteiger partial charge in [-0.05, 0) is 26.2 Å². The number of nitrogens with one attached hydrogen (secondary N) is 2. The van der Waals surface area contributed by atoms with Gasteiger partial charge in [-0.25, -0.2) is 13.8 Å². The fourth-order valence-electron chi connectivity index (χ4n) is 1.85. The van der Waals surface area contributed by atoms with Crippen LogP contribution in [-0.2, 0) is 33.1 Å². The van der Waals surface area contributed by atoms with Gasteiger partial charge < -0.3 is 30.2 Å². The van der Waals surface area contributed by atoms with Crippen LogP contribution in [0.25, 0.3) is 0 Å². The first-order valence-electron chi connectivity index (χ1n) is 8.00. The van der Waals surface area contributed by atoms with E-state index in [9.17, 15) is 4.21 Å². The molecule has 0 fully saturated rings. The van der Waals surface area contributed by atoms with Crippen LogP contribution in [0.3, 0.4) is 0 Å². The molecule has 0 radical (unpaired) electrons. The largest absolute Gasteiger partial charge is 0.473 e. The first-order valence-corrected chi connectivity index (χ1v) is 10.2. The van der Waals surface area contributed by atoms with Crippen LogP contribution >= 0.6 is 11.8 Å². The van der Waals surface area contributed by atoms with E-state index < -0.39 is 23.1 Å². The summed E-state index contributed by atoms with van der Waals surface area (Å²) in [7, 11) is 5.77. The lowest BCUT2D eigenvalue weighted by molar-refractivity contribution is -0.159. The molecule has 0 saturated carbocycles. The van der Waals surface area contributed by atoms with Crippen LogP contribution in [0.5, 0.6) is 0 Å². The molecular weight excluding hydrogens is 410 g/mol. The summed E-state index contributed by atoms with van der Waals surface area (Å²) in [5.41, 5.74) is 0. The topological polar surface area (TPSA) is 157 Å². The van der Waals surface area contributed by atoms with Gasteiger partial charge in [-0.2, -0.15) is 11.8 Å². The summed E-state index contributed by atoms with van der Waals surface area (Å²) in [5.74, 6) is 1.16. The molecule has 156 valence electrons. The number of nitrogens with zero attached hydrogens (tertiary/aromatic N) is 3. The third kappa shape index (κ3) is 9.01. The number of carboxylic acids is 2. The van der Waals surface area contributed by atoms with E-state index >= 15 is 0 Å². The summed E-state index contributed by atoms with van der Waals surface area (Å²) >= 11 is 0.274. The van der Waals surface area contributed by atoms with Crippen LogP contribution in [0.2, 0.25) is 0 Å². The van der Waals surface area contributed by atoms with Gasteiger partial charge in [-0.3, -0.25) is 0 Å². The zero-order valence-electron chi connectivity index (χ0n) is 15.7. The standard InChI is InChI=1S/C13H21N5O2S2.C2H2O4/c1-14-12-13(17-22(19)16-12)15-6-7-21-9-11-5-4-10(20-11)8-18(2)3;3-1(4)2(5)6/h4-5H,6-9H2,1-3H3,(H,14,16)(H,15,17);(H,3,4)(H,5,6). The Morgan fingerprint density at radius 1 is 1.18 bits per heavy atom. The fraction of sp³-hybridized carbons (Fsp3) is 0.467. The van der Waals surface area contributed by atoms with Gasteiger partial charge in [0.15, 0.2) is 11.7 Å². The number of likely N-dealkylation sites (N-methyl/N-ethyl adjacent to an activating group) is 1. The molecule has 1 unspecified atom stereocenters. The van der Waals surface area contributed by atoms with Crippen molar-refractivity contribution in [3.63, 3.8) is 0 Å². The summed E-state index contributed by atoms with van der Waals surface area (Å²) in [6.07, 6.45) is 0. The maximum atomic E-state index is 11.2. The number of amidine groups is 2. The highest BCUT2D eigenvalue weighted by atomic mass is 32.2. The number of rotatable bonds is 7. The Balaban J connectivity index is 0.000000568. The van der Waals surface area contributed by atoms with E-state index in [0.29, 0.717) is 11.7 Å². The number of furan rings is 1. The molecule has 0 aromatic carbocycles. The summed E-state index contributed by atoms with van der Waals surface area (Å²) < 4.78 is 24.7. The van der Waals surface area contributed by atoms with Crippen molar-refractivity contribution in [2.45, 2.75) is 12.3 Å². The van der Waals surface area contributed by atoms with E-state index in [1.54, 1.807) is 18.8 Å². The Kier molecular flexibility index (Phi) is 10.3. The second kappa shape index (κ2) is 12.2. The van der Waals surface area contributed by atoms with Crippen molar-refractivity contribution < 1.29 is 28.4 Å². The number of aliphatic carboxylic acids is 2. The average molecular weight is 434 g/mol. The van der Waals surface area contributed by atoms with Crippen LogP contribution in [0.4, 0.5) is 0 Å². The molecule has 2 rings (SSSR count). The lowest BCUT2D eigenvalue weighted by Gasteiger charge is -2.07. The van der Waals surface area contributed by atoms with E-state index in [-0.39, 0.29) is 0 Å². The zero-order valence-corrected chi connectivity index (χ0v) is 17.3. The molecule has 1 aliphatic rings. The molecule has 28 heavy (non-hydrogen) atoms. The van der Waals surface area contributed by atoms with Crippen LogP contribution in [0, 0.1) is 0 Å². The van der Waals surface area contributed by atoms with Crippen molar-refractivity contribution in [3.05, 3.63) is 23.7 Å². The van der Waals surface area contributed by atoms with Crippen molar-refractivity contribution in [1.29, 1.82) is 0 Å². The quantitative estimate of drug-likeness (QED) is 0.339. The molecular formula is C15H23N5O6S2. The molecule has 11 nitrogen and oxygen atoms in total. The second-order valence-electron chi connectivity index (χ2n) is 5.56. The van der Waals surface area contributed by atoms with Crippen LogP contribution < -0.4 is 10.6 Å². The number of hydrogen-bond acceptors (Lipinski definition) is 8. The lowest BCUT2D eigenvalue weighted by Crippen LogP contribution is -2.37. The molecule has 1 aromatic heterocycles. The third-order valence-electron chi connectivity index (χ3n) is 2.96. The maximum Gasteiger partial charge on any atom is 0.414 e. The molecule has 0 spiro atoms. The van der Waals surface area contributed by atoms with Crippen LogP contribution in [-0.4, -0.2) is 76.4 Å². The Morgan fingerprint density at radius 3 is 2.36 bits per heavy atom. The molecule has 2 heterocycles. The number of carbonyl (C=O) groups is 2. The van der Waals surface area contributed by atoms with Crippen molar-refractivity contribution in [3.8, 4) is 0 Å². The van der Waals surface area contributed by atoms with Gasteiger partial charge >= 0.3 is 11.9 Å². The van der Waals surface area contributed by atoms with Gasteiger partial charge in [0.25, 0.3) is 11.2 Å². The van der Waals surface area contributed by atoms with E-state index in [4.69, 9.17) is 24.2 Å². The van der Waals surface area contributed by atoms with E-state index in [1.807, 2.05) is 26.2 Å². The fourth-order valence-corrected chi connectivity index (χ4v) is 3.28. The summed E-state index contributed by atoms with van der Waals surface area (Å²) in [6.45, 7) is 1.54. The van der Waals surface area contributed by atoms with Crippen molar-refractivity contribution in [2.75, 3.05) is 33.4 Å². The summed E-state index contributed by atoms with van der Waals surface area (Å²) in [5, 5.41) is 20.8. The van der Waals surface area contributed by atoms with Gasteiger partial charge in [-0.1, -0.05) is 0 Å². The summed E-state index contributed by atoms with van der Waals surface area (Å²) in [4.78, 5) is 20.3. The number of thioether (sulfide) groups is 1. The predicted octanol–water partition coefficient (Wildman–Crippen LogP) is -0.0717. The highest BCUT2D eigenvalue weighted by Crippen LogP contribution is 2.16. The average Bonchev–Trinajstić information content (AvgIpc) is 3.20. The molecule has 1 atom stereocenters. The Bertz CT molecular complexity index is 750. The predicted molar refractivity (Wildman–Crippen MR) is 108 cm³/mol. The Morgan fingerprint density at radius 2 is 1.79 bits per heavy atom. The minimum Gasteiger partial charge on any atom is -0.473 e. The lowest BCUT2D eigenvalue weighted by atomic mass is 10.4. The zero-order chi connectivity index (χ0) is 21.1. The molecule has 0 saturated heterocycles. The van der Waals surface area contributed by atoms with Crippen LogP contribution in [0.15, 0.2) is 25.3 Å². The molecule has 1 aromatic rings. The van der Waals surface area contributed by atoms with Crippen LogP contribution in [0.1, 0.15) is 11.5 Å². The molecule has 0 amide bonds. The van der Waals surface area contributed by atoms with E-state index in [0.717, 1.165) is 36.1 Å². The van der Waals surface area contributed by atoms with E-state index in [1.165, 1.54) is 0 Å². The number of hydrogen-bond donors (Lipinski definition) is 4. The molecule has 0 bridgehead atoms. The van der Waals surface area contributed by atoms with Gasteiger partial charge in [0, 0.05) is 19.3 Å². The Labute approximate surface area is 169 Å². The van der Waals surface area contributed by atoms with Gasteiger partial charge in [0.2, 0.25) is 0 Å². The normalized spacial score (nSPS) is 15.4. The minimum atomic E-state index is -1.82. The van der Waals surface area contributed by atoms with Gasteiger partial charge in [0.1, 0.15) is 11.5 Å². The monoisotopic (exact) mass is 433 g/mol. The van der Waals surface area contributed by atoms with Crippen molar-refractivity contribution in [2.24, 2.45) is 8.80 Å². The highest BCUT2D eigenvalue weighted by Gasteiger charge is 2.16. The maximum absolute atomic E-state index is 11.2. The number of carboxylic acid groups (broad SMARTS) is 2. The minimum absolute atomic E-state index is 0.544. The smallest absolute Gasteiger partial charge is 0.414 e. The van der Waals surface area contributed by atoms with Gasteiger partial charge in [0.05, 0.1) is 12.3 Å². The SMILES string of the molecule is CNC1=NS(=O)N=C1NCCSCc1ccc(CN(C)C)o1.O=C(O)C(=O)O. The van der Waals surface area contributed by atoms with Crippen molar-refractivity contribution >= 4 is 46.5 Å². The molecule has 0 aliphatic carbocycles. The molecule has 13 heteroatoms. The Hall–Kier alpha value is -2.38. The van der Waals surface area contributed by atoms with E-state index in [2.05, 4.69) is 24.3 Å². The molecule has 1 aliphatic heterocycles. The van der Waals surface area contributed by atoms with Crippen molar-refractivity contribution in [1.82, 2.24) is 15.5 Å². The van der Waals surface area contributed by atoms with Gasteiger partial charge in [-0.15, -0.1) is 8.80 Å². The third-order valence-corrected chi connectivity index (χ3v) is 4.61. The molecule has 4 N–H and O–H groups in total. The first-order chi connectivity index (χ1) is 13.2. The first kappa shape index (κ1) is 23.7. The summed E-state index contributed by atoms with van der Waals surface area (Å²) in [6, 6.07) is 4.04. The highest BCUT2D eigenvalue weighted by molar-refractivity contribution is 7.98. The second-order valence-corrected chi connectivity index (χ2v) is 7.49.